The molecule has 92 valence electrons. The van der Waals surface area contributed by atoms with Crippen LogP contribution in [-0.4, -0.2) is 25.8 Å². The van der Waals surface area contributed by atoms with Crippen molar-refractivity contribution in [3.8, 4) is 0 Å². The number of rotatable bonds is 4. The fourth-order valence-electron chi connectivity index (χ4n) is 1.35. The van der Waals surface area contributed by atoms with Crippen LogP contribution < -0.4 is 0 Å². The van der Waals surface area contributed by atoms with Gasteiger partial charge in [-0.3, -0.25) is 0 Å². The monoisotopic (exact) mass is 281 g/mol. The van der Waals surface area contributed by atoms with E-state index in [1.807, 2.05) is 19.2 Å². The zero-order chi connectivity index (χ0) is 12.5. The number of hydrogen-bond acceptors (Lipinski definition) is 3. The Bertz CT molecular complexity index is 465. The topological polar surface area (TPSA) is 37.4 Å². The molecule has 1 aromatic heterocycles. The molecule has 0 unspecified atom stereocenters. The lowest BCUT2D eigenvalue weighted by Gasteiger charge is -2.21. The standard InChI is InChI=1S/C10H16ClNO2S2/c1-7(2)12(4)16(13,14)10-8(3)6-15-9(10)5-11/h6-7H,5H2,1-4H3. The number of nitrogens with zero attached hydrogens (tertiary/aromatic N) is 1. The van der Waals surface area contributed by atoms with Gasteiger partial charge in [-0.25, -0.2) is 8.42 Å². The Kier molecular flexibility index (Phi) is 4.40. The van der Waals surface area contributed by atoms with Crippen molar-refractivity contribution in [3.63, 3.8) is 0 Å². The summed E-state index contributed by atoms with van der Waals surface area (Å²) in [5, 5.41) is 1.83. The molecule has 1 rings (SSSR count). The van der Waals surface area contributed by atoms with Gasteiger partial charge in [0.25, 0.3) is 0 Å². The number of halogens is 1. The second-order valence-corrected chi connectivity index (χ2v) is 7.09. The molecule has 0 fully saturated rings. The lowest BCUT2D eigenvalue weighted by Crippen LogP contribution is -2.33. The van der Waals surface area contributed by atoms with Gasteiger partial charge >= 0.3 is 0 Å². The molecular formula is C10H16ClNO2S2. The van der Waals surface area contributed by atoms with Crippen molar-refractivity contribution in [2.45, 2.75) is 37.6 Å². The van der Waals surface area contributed by atoms with Crippen LogP contribution in [0.25, 0.3) is 0 Å². The van der Waals surface area contributed by atoms with Gasteiger partial charge in [-0.05, 0) is 31.7 Å². The Morgan fingerprint density at radius 2 is 2.06 bits per heavy atom. The van der Waals surface area contributed by atoms with Crippen molar-refractivity contribution in [1.29, 1.82) is 0 Å². The molecule has 0 N–H and O–H groups in total. The molecule has 16 heavy (non-hydrogen) atoms. The third-order valence-electron chi connectivity index (χ3n) is 2.48. The molecular weight excluding hydrogens is 266 g/mol. The predicted octanol–water partition coefficient (Wildman–Crippen LogP) is 2.82. The van der Waals surface area contributed by atoms with Gasteiger partial charge in [0.15, 0.2) is 0 Å². The van der Waals surface area contributed by atoms with Gasteiger partial charge in [0.1, 0.15) is 4.90 Å². The third kappa shape index (κ3) is 2.42. The van der Waals surface area contributed by atoms with E-state index in [4.69, 9.17) is 11.6 Å². The van der Waals surface area contributed by atoms with Gasteiger partial charge in [0.05, 0.1) is 5.88 Å². The lowest BCUT2D eigenvalue weighted by atomic mass is 10.3. The van der Waals surface area contributed by atoms with Crippen molar-refractivity contribution >= 4 is 33.0 Å². The molecule has 0 aromatic carbocycles. The van der Waals surface area contributed by atoms with Crippen LogP contribution in [0.4, 0.5) is 0 Å². The Morgan fingerprint density at radius 3 is 2.50 bits per heavy atom. The van der Waals surface area contributed by atoms with Crippen LogP contribution in [0, 0.1) is 6.92 Å². The SMILES string of the molecule is Cc1csc(CCl)c1S(=O)(=O)N(C)C(C)C. The summed E-state index contributed by atoms with van der Waals surface area (Å²) >= 11 is 7.16. The minimum Gasteiger partial charge on any atom is -0.207 e. The highest BCUT2D eigenvalue weighted by molar-refractivity contribution is 7.89. The van der Waals surface area contributed by atoms with Gasteiger partial charge < -0.3 is 0 Å². The maximum Gasteiger partial charge on any atom is 0.244 e. The number of thiophene rings is 1. The van der Waals surface area contributed by atoms with Gasteiger partial charge in [-0.2, -0.15) is 4.31 Å². The van der Waals surface area contributed by atoms with Crippen LogP contribution in [-0.2, 0) is 15.9 Å². The van der Waals surface area contributed by atoms with Crippen LogP contribution in [0.5, 0.6) is 0 Å². The quantitative estimate of drug-likeness (QED) is 0.796. The molecule has 0 aliphatic rings. The summed E-state index contributed by atoms with van der Waals surface area (Å²) in [5.41, 5.74) is 0.771. The van der Waals surface area contributed by atoms with E-state index < -0.39 is 10.0 Å². The first-order chi connectivity index (χ1) is 7.32. The molecule has 0 saturated carbocycles. The van der Waals surface area contributed by atoms with Crippen molar-refractivity contribution in [2.75, 3.05) is 7.05 Å². The average molecular weight is 282 g/mol. The summed E-state index contributed by atoms with van der Waals surface area (Å²) in [6.07, 6.45) is 0. The highest BCUT2D eigenvalue weighted by atomic mass is 35.5. The van der Waals surface area contributed by atoms with E-state index >= 15 is 0 Å². The number of sulfonamides is 1. The van der Waals surface area contributed by atoms with E-state index in [0.717, 1.165) is 5.56 Å². The fraction of sp³-hybridized carbons (Fsp3) is 0.600. The van der Waals surface area contributed by atoms with E-state index in [1.54, 1.807) is 14.0 Å². The van der Waals surface area contributed by atoms with Crippen LogP contribution in [0.3, 0.4) is 0 Å². The van der Waals surface area contributed by atoms with Crippen LogP contribution in [0.2, 0.25) is 0 Å². The maximum absolute atomic E-state index is 12.3. The van der Waals surface area contributed by atoms with E-state index in [1.165, 1.54) is 15.6 Å². The molecule has 0 saturated heterocycles. The highest BCUT2D eigenvalue weighted by Crippen LogP contribution is 2.30. The van der Waals surface area contributed by atoms with E-state index in [9.17, 15) is 8.42 Å². The largest absolute Gasteiger partial charge is 0.244 e. The van der Waals surface area contributed by atoms with Crippen molar-refractivity contribution in [1.82, 2.24) is 4.31 Å². The first kappa shape index (κ1) is 14.0. The summed E-state index contributed by atoms with van der Waals surface area (Å²) in [4.78, 5) is 1.09. The number of aryl methyl sites for hydroxylation is 1. The van der Waals surface area contributed by atoms with Crippen LogP contribution in [0.1, 0.15) is 24.3 Å². The Morgan fingerprint density at radius 1 is 1.50 bits per heavy atom. The molecule has 1 aromatic rings. The Balaban J connectivity index is 3.32. The Labute approximate surface area is 106 Å². The van der Waals surface area contributed by atoms with Gasteiger partial charge in [-0.15, -0.1) is 22.9 Å². The lowest BCUT2D eigenvalue weighted by molar-refractivity contribution is 0.410. The summed E-state index contributed by atoms with van der Waals surface area (Å²) in [6, 6.07) is -0.0625. The first-order valence-electron chi connectivity index (χ1n) is 4.93. The molecule has 0 radical (unpaired) electrons. The molecule has 0 atom stereocenters. The van der Waals surface area contributed by atoms with E-state index in [-0.39, 0.29) is 11.9 Å². The number of hydrogen-bond donors (Lipinski definition) is 0. The summed E-state index contributed by atoms with van der Waals surface area (Å²) < 4.78 is 26.0. The minimum absolute atomic E-state index is 0.0625. The molecule has 0 aliphatic heterocycles. The Hall–Kier alpha value is -0.100. The molecule has 1 heterocycles. The van der Waals surface area contributed by atoms with Gasteiger partial charge in [0.2, 0.25) is 10.0 Å². The predicted molar refractivity (Wildman–Crippen MR) is 68.7 cm³/mol. The smallest absolute Gasteiger partial charge is 0.207 e. The molecule has 0 spiro atoms. The summed E-state index contributed by atoms with van der Waals surface area (Å²) in [7, 11) is -1.82. The molecule has 0 aliphatic carbocycles. The maximum atomic E-state index is 12.3. The van der Waals surface area contributed by atoms with E-state index in [0.29, 0.717) is 9.77 Å². The van der Waals surface area contributed by atoms with Crippen LogP contribution in [0.15, 0.2) is 10.3 Å². The molecule has 0 amide bonds. The van der Waals surface area contributed by atoms with E-state index in [2.05, 4.69) is 0 Å². The van der Waals surface area contributed by atoms with Gasteiger partial charge in [-0.1, -0.05) is 0 Å². The zero-order valence-corrected chi connectivity index (χ0v) is 12.2. The summed E-state index contributed by atoms with van der Waals surface area (Å²) in [5.74, 6) is 0.235. The minimum atomic E-state index is -3.41. The van der Waals surface area contributed by atoms with Gasteiger partial charge in [0, 0.05) is 18.0 Å². The second kappa shape index (κ2) is 5.04. The molecule has 3 nitrogen and oxygen atoms in total. The third-order valence-corrected chi connectivity index (χ3v) is 6.40. The average Bonchev–Trinajstić information content (AvgIpc) is 2.58. The van der Waals surface area contributed by atoms with Crippen molar-refractivity contribution < 1.29 is 8.42 Å². The molecule has 6 heteroatoms. The zero-order valence-electron chi connectivity index (χ0n) is 9.82. The number of alkyl halides is 1. The normalized spacial score (nSPS) is 12.7. The first-order valence-corrected chi connectivity index (χ1v) is 7.78. The highest BCUT2D eigenvalue weighted by Gasteiger charge is 2.28. The fourth-order valence-corrected chi connectivity index (χ4v) is 4.72. The summed E-state index contributed by atoms with van der Waals surface area (Å²) in [6.45, 7) is 5.49. The van der Waals surface area contributed by atoms with Crippen molar-refractivity contribution in [2.24, 2.45) is 0 Å². The second-order valence-electron chi connectivity index (χ2n) is 3.92. The molecule has 0 bridgehead atoms. The van der Waals surface area contributed by atoms with Crippen LogP contribution >= 0.6 is 22.9 Å². The van der Waals surface area contributed by atoms with Crippen molar-refractivity contribution in [3.05, 3.63) is 15.8 Å².